The van der Waals surface area contributed by atoms with E-state index in [1.54, 1.807) is 4.57 Å². The van der Waals surface area contributed by atoms with E-state index in [4.69, 9.17) is 18.9 Å². The van der Waals surface area contributed by atoms with E-state index in [9.17, 15) is 14.4 Å². The maximum Gasteiger partial charge on any atom is 0.303 e. The Kier molecular flexibility index (Phi) is 7.44. The summed E-state index contributed by atoms with van der Waals surface area (Å²) >= 11 is 0. The summed E-state index contributed by atoms with van der Waals surface area (Å²) in [5, 5.41) is 3.34. The zero-order valence-corrected chi connectivity index (χ0v) is 20.3. The van der Waals surface area contributed by atoms with Gasteiger partial charge in [-0.1, -0.05) is 30.3 Å². The van der Waals surface area contributed by atoms with Crippen LogP contribution in [-0.2, 0) is 33.3 Å². The van der Waals surface area contributed by atoms with E-state index < -0.39 is 42.4 Å². The van der Waals surface area contributed by atoms with Crippen LogP contribution in [0.5, 0.6) is 0 Å². The molecule has 1 aromatic carbocycles. The first-order valence-corrected chi connectivity index (χ1v) is 11.4. The number of hydrogen-bond donors (Lipinski definition) is 1. The van der Waals surface area contributed by atoms with Crippen molar-refractivity contribution in [3.05, 3.63) is 48.5 Å². The molecule has 5 atom stereocenters. The Bertz CT molecular complexity index is 1250. The monoisotopic (exact) mass is 497 g/mol. The smallest absolute Gasteiger partial charge is 0.303 e. The summed E-state index contributed by atoms with van der Waals surface area (Å²) in [6.45, 7) is 5.52. The van der Waals surface area contributed by atoms with Crippen LogP contribution in [0.1, 0.15) is 45.5 Å². The summed E-state index contributed by atoms with van der Waals surface area (Å²) in [4.78, 5) is 48.3. The number of fused-ring (bicyclic) bond motifs is 1. The molecule has 36 heavy (non-hydrogen) atoms. The third kappa shape index (κ3) is 5.43. The Morgan fingerprint density at radius 3 is 2.36 bits per heavy atom. The predicted octanol–water partition coefficient (Wildman–Crippen LogP) is 2.32. The van der Waals surface area contributed by atoms with Crippen molar-refractivity contribution in [2.75, 3.05) is 11.9 Å². The lowest BCUT2D eigenvalue weighted by Gasteiger charge is -2.23. The molecule has 0 aliphatic carbocycles. The molecule has 1 N–H and O–H groups in total. The number of anilines is 1. The molecule has 0 spiro atoms. The van der Waals surface area contributed by atoms with Gasteiger partial charge in [0, 0.05) is 20.8 Å². The van der Waals surface area contributed by atoms with Crippen molar-refractivity contribution in [1.29, 1.82) is 0 Å². The molecular weight excluding hydrogens is 470 g/mol. The van der Waals surface area contributed by atoms with Crippen LogP contribution in [0.4, 0.5) is 5.82 Å². The van der Waals surface area contributed by atoms with Gasteiger partial charge in [0.2, 0.25) is 0 Å². The normalized spacial score (nSPS) is 22.1. The zero-order chi connectivity index (χ0) is 25.8. The Labute approximate surface area is 206 Å². The van der Waals surface area contributed by atoms with Crippen LogP contribution in [-0.4, -0.2) is 62.3 Å². The third-order valence-corrected chi connectivity index (χ3v) is 5.63. The molecule has 1 saturated heterocycles. The number of nitrogens with one attached hydrogen (secondary N) is 1. The summed E-state index contributed by atoms with van der Waals surface area (Å²) in [5.74, 6) is -1.23. The minimum absolute atomic E-state index is 0.0626. The van der Waals surface area contributed by atoms with Crippen molar-refractivity contribution in [1.82, 2.24) is 19.5 Å². The molecule has 1 fully saturated rings. The molecule has 190 valence electrons. The first-order valence-electron chi connectivity index (χ1n) is 11.4. The zero-order valence-electron chi connectivity index (χ0n) is 20.3. The van der Waals surface area contributed by atoms with Crippen LogP contribution in [0.2, 0.25) is 0 Å². The van der Waals surface area contributed by atoms with Crippen LogP contribution < -0.4 is 5.32 Å². The van der Waals surface area contributed by atoms with E-state index >= 15 is 0 Å². The number of imidazole rings is 1. The quantitative estimate of drug-likeness (QED) is 0.362. The molecule has 0 amide bonds. The lowest BCUT2D eigenvalue weighted by Crippen LogP contribution is -2.40. The number of carbonyl (C=O) groups excluding carboxylic acids is 3. The summed E-state index contributed by atoms with van der Waals surface area (Å²) in [6.07, 6.45) is -1.04. The van der Waals surface area contributed by atoms with Crippen LogP contribution in [0, 0.1) is 0 Å². The maximum atomic E-state index is 11.9. The minimum atomic E-state index is -1.04. The fourth-order valence-corrected chi connectivity index (χ4v) is 4.09. The second kappa shape index (κ2) is 10.7. The highest BCUT2D eigenvalue weighted by Crippen LogP contribution is 2.36. The average Bonchev–Trinajstić information content (AvgIpc) is 3.40. The molecule has 3 aromatic rings. The first kappa shape index (κ1) is 25.0. The number of nitrogens with zero attached hydrogens (tertiary/aromatic N) is 4. The highest BCUT2D eigenvalue weighted by Gasteiger charge is 2.51. The number of hydrogen-bond acceptors (Lipinski definition) is 11. The first-order chi connectivity index (χ1) is 17.2. The number of benzene rings is 1. The third-order valence-electron chi connectivity index (χ3n) is 5.63. The van der Waals surface area contributed by atoms with E-state index in [0.717, 1.165) is 5.56 Å². The topological polar surface area (TPSA) is 144 Å². The molecule has 2 aromatic heterocycles. The van der Waals surface area contributed by atoms with Gasteiger partial charge in [-0.15, -0.1) is 0 Å². The van der Waals surface area contributed by atoms with Crippen LogP contribution >= 0.6 is 0 Å². The highest BCUT2D eigenvalue weighted by atomic mass is 16.7. The summed E-state index contributed by atoms with van der Waals surface area (Å²) < 4.78 is 23.7. The lowest BCUT2D eigenvalue weighted by molar-refractivity contribution is -0.166. The minimum Gasteiger partial charge on any atom is -0.463 e. The van der Waals surface area contributed by atoms with Gasteiger partial charge in [0.15, 0.2) is 35.4 Å². The molecule has 3 heterocycles. The predicted molar refractivity (Wildman–Crippen MR) is 125 cm³/mol. The summed E-state index contributed by atoms with van der Waals surface area (Å²) in [6, 6.07) is 9.80. The highest BCUT2D eigenvalue weighted by molar-refractivity contribution is 5.83. The van der Waals surface area contributed by atoms with E-state index in [2.05, 4.69) is 20.3 Å². The molecular formula is C24H27N5O7. The standard InChI is InChI=1S/C24H27N5O7/c1-13(17-8-6-5-7-9-17)28-22-19-23(26-11-25-22)29(12-27-19)24-21(35-16(4)32)20(34-15(3)31)18(36-24)10-33-14(2)30/h5-9,11-13,18,20-21,24H,10H2,1-4H3,(H,25,26,28)/t13?,18-,20?,21?,24-/m1/s1. The molecule has 4 rings (SSSR count). The average molecular weight is 498 g/mol. The lowest BCUT2D eigenvalue weighted by atomic mass is 10.1. The fourth-order valence-electron chi connectivity index (χ4n) is 4.09. The molecule has 0 saturated carbocycles. The van der Waals surface area contributed by atoms with Gasteiger partial charge >= 0.3 is 17.9 Å². The van der Waals surface area contributed by atoms with Crippen molar-refractivity contribution in [3.63, 3.8) is 0 Å². The van der Waals surface area contributed by atoms with Gasteiger partial charge in [0.1, 0.15) is 19.0 Å². The van der Waals surface area contributed by atoms with Gasteiger partial charge in [0.25, 0.3) is 0 Å². The van der Waals surface area contributed by atoms with Gasteiger partial charge < -0.3 is 24.3 Å². The number of esters is 3. The molecule has 1 aliphatic rings. The largest absolute Gasteiger partial charge is 0.463 e. The summed E-state index contributed by atoms with van der Waals surface area (Å²) in [7, 11) is 0. The molecule has 12 heteroatoms. The SMILES string of the molecule is CC(=O)OC[C@H]1O[C@@H](n2cnc3c(NC(C)c4ccccc4)ncnc32)C(OC(C)=O)C1OC(C)=O. The molecule has 12 nitrogen and oxygen atoms in total. The van der Waals surface area contributed by atoms with Crippen molar-refractivity contribution >= 4 is 34.9 Å². The molecule has 0 bridgehead atoms. The molecule has 0 radical (unpaired) electrons. The van der Waals surface area contributed by atoms with E-state index in [1.165, 1.54) is 33.4 Å². The van der Waals surface area contributed by atoms with Crippen molar-refractivity contribution in [3.8, 4) is 0 Å². The summed E-state index contributed by atoms with van der Waals surface area (Å²) in [5.41, 5.74) is 1.94. The fraction of sp³-hybridized carbons (Fsp3) is 0.417. The maximum absolute atomic E-state index is 11.9. The number of rotatable bonds is 8. The van der Waals surface area contributed by atoms with Crippen molar-refractivity contribution < 1.29 is 33.3 Å². The number of ether oxygens (including phenoxy) is 4. The van der Waals surface area contributed by atoms with Crippen molar-refractivity contribution in [2.45, 2.75) is 58.3 Å². The van der Waals surface area contributed by atoms with Gasteiger partial charge in [-0.3, -0.25) is 19.0 Å². The van der Waals surface area contributed by atoms with Crippen LogP contribution in [0.3, 0.4) is 0 Å². The van der Waals surface area contributed by atoms with Gasteiger partial charge in [-0.2, -0.15) is 0 Å². The molecule has 1 aliphatic heterocycles. The second-order valence-electron chi connectivity index (χ2n) is 8.34. The van der Waals surface area contributed by atoms with Crippen LogP contribution in [0.15, 0.2) is 43.0 Å². The Hall–Kier alpha value is -4.06. The van der Waals surface area contributed by atoms with E-state index in [0.29, 0.717) is 17.0 Å². The van der Waals surface area contributed by atoms with E-state index in [1.807, 2.05) is 37.3 Å². The Balaban J connectivity index is 1.68. The van der Waals surface area contributed by atoms with Crippen molar-refractivity contribution in [2.24, 2.45) is 0 Å². The van der Waals surface area contributed by atoms with Gasteiger partial charge in [0.05, 0.1) is 12.4 Å². The Morgan fingerprint density at radius 2 is 1.69 bits per heavy atom. The van der Waals surface area contributed by atoms with Crippen LogP contribution in [0.25, 0.3) is 11.2 Å². The Morgan fingerprint density at radius 1 is 1.00 bits per heavy atom. The second-order valence-corrected chi connectivity index (χ2v) is 8.34. The number of aromatic nitrogens is 4. The van der Waals surface area contributed by atoms with Gasteiger partial charge in [-0.25, -0.2) is 15.0 Å². The van der Waals surface area contributed by atoms with E-state index in [-0.39, 0.29) is 12.6 Å². The number of carbonyl (C=O) groups is 3. The van der Waals surface area contributed by atoms with Gasteiger partial charge in [-0.05, 0) is 12.5 Å². The molecule has 3 unspecified atom stereocenters.